The molecule has 2 saturated heterocycles. The third-order valence-corrected chi connectivity index (χ3v) is 25.4. The number of carbonyl (C=O) groups is 14. The molecule has 2 fully saturated rings. The molecule has 0 aromatic heterocycles. The van der Waals surface area contributed by atoms with Crippen LogP contribution in [0.25, 0.3) is 0 Å². The van der Waals surface area contributed by atoms with E-state index in [4.69, 9.17) is 0 Å². The lowest BCUT2D eigenvalue weighted by atomic mass is 9.93. The summed E-state index contributed by atoms with van der Waals surface area (Å²) < 4.78 is 0. The molecule has 14 amide bonds. The minimum Gasteiger partial charge on any atom is -0.394 e. The molecule has 3 N–H and O–H groups in total. The van der Waals surface area contributed by atoms with E-state index in [9.17, 15) is 48.3 Å². The fraction of sp³-hybridized carbons (Fsp3) is 0.687. The van der Waals surface area contributed by atoms with Gasteiger partial charge in [0.1, 0.15) is 78.5 Å². The van der Waals surface area contributed by atoms with Gasteiger partial charge in [0.2, 0.25) is 82.7 Å². The number of likely N-dealkylation sites (N-methyl/N-ethyl adjacent to an activating group) is 12. The van der Waals surface area contributed by atoms with E-state index in [0.29, 0.717) is 12.8 Å². The lowest BCUT2D eigenvalue weighted by Gasteiger charge is -2.43. The van der Waals surface area contributed by atoms with E-state index in [1.807, 2.05) is 74.5 Å². The Morgan fingerprint density at radius 1 is 0.412 bits per heavy atom. The molecule has 0 aliphatic carbocycles. The van der Waals surface area contributed by atoms with Crippen molar-refractivity contribution in [2.24, 2.45) is 41.4 Å². The quantitative estimate of drug-likeness (QED) is 0.0780. The van der Waals surface area contributed by atoms with Gasteiger partial charge in [0.25, 0.3) is 0 Å². The van der Waals surface area contributed by atoms with Crippen LogP contribution in [0.1, 0.15) is 141 Å². The first-order valence-corrected chi connectivity index (χ1v) is 42.3. The van der Waals surface area contributed by atoms with Gasteiger partial charge in [0.05, 0.1) is 12.6 Å². The lowest BCUT2D eigenvalue weighted by molar-refractivity contribution is -0.160. The van der Waals surface area contributed by atoms with Gasteiger partial charge in [0, 0.05) is 109 Å². The Bertz CT molecular complexity index is 3670. The molecule has 31 heteroatoms. The number of carbonyl (C=O) groups excluding carboxylic acids is 14. The van der Waals surface area contributed by atoms with Crippen molar-refractivity contribution in [3.8, 4) is 0 Å². The van der Waals surface area contributed by atoms with Crippen LogP contribution in [-0.4, -0.2) is 334 Å². The summed E-state index contributed by atoms with van der Waals surface area (Å²) in [6.07, 6.45) is 1.36. The molecule has 4 rings (SSSR count). The second kappa shape index (κ2) is 43.6. The molecule has 2 aliphatic heterocycles. The summed E-state index contributed by atoms with van der Waals surface area (Å²) in [6.45, 7) is 27.4. The highest BCUT2D eigenvalue weighted by molar-refractivity contribution is 8.76. The molecule has 29 nitrogen and oxygen atoms in total. The average molecular weight is 1630 g/mol. The van der Waals surface area contributed by atoms with Gasteiger partial charge in [-0.3, -0.25) is 67.1 Å². The molecular weight excluding hydrogens is 1500 g/mol. The van der Waals surface area contributed by atoms with Crippen molar-refractivity contribution in [2.75, 3.05) is 103 Å². The molecule has 2 unspecified atom stereocenters. The number of nitrogens with zero attached hydrogens (tertiary/aromatic N) is 12. The maximum Gasteiger partial charge on any atom is 0.246 e. The highest BCUT2D eigenvalue weighted by Gasteiger charge is 2.49. The Morgan fingerprint density at radius 3 is 1.09 bits per heavy atom. The number of amides is 14. The second-order valence-corrected chi connectivity index (χ2v) is 35.8. The number of likely N-dealkylation sites (tertiary alicyclic amines) is 1. The monoisotopic (exact) mass is 1630 g/mol. The minimum atomic E-state index is -1.22. The molecule has 114 heavy (non-hydrogen) atoms. The number of hydrogen-bond acceptors (Lipinski definition) is 17. The van der Waals surface area contributed by atoms with E-state index in [2.05, 4.69) is 10.6 Å². The van der Waals surface area contributed by atoms with Crippen LogP contribution in [-0.2, 0) is 80.0 Å². The molecule has 0 radical (unpaired) electrons. The van der Waals surface area contributed by atoms with E-state index >= 15 is 24.0 Å². The number of aliphatic hydroxyl groups excluding tert-OH is 1. The molecular formula is C83H134N14O15S2. The maximum absolute atomic E-state index is 15.3. The normalized spacial score (nSPS) is 18.5. The fourth-order valence-electron chi connectivity index (χ4n) is 15.6. The van der Waals surface area contributed by atoms with Gasteiger partial charge in [-0.05, 0) is 79.2 Å². The van der Waals surface area contributed by atoms with E-state index in [1.54, 1.807) is 90.1 Å². The highest BCUT2D eigenvalue weighted by atomic mass is 33.1. The van der Waals surface area contributed by atoms with Crippen molar-refractivity contribution < 1.29 is 72.2 Å². The van der Waals surface area contributed by atoms with E-state index in [0.717, 1.165) is 11.1 Å². The first-order valence-electron chi connectivity index (χ1n) is 39.8. The largest absolute Gasteiger partial charge is 0.394 e. The Balaban J connectivity index is 1.54. The summed E-state index contributed by atoms with van der Waals surface area (Å²) in [5.74, 6) is -10.9. The van der Waals surface area contributed by atoms with E-state index < -0.39 is 203 Å². The standard InChI is InChI=1S/C83H134N14O15S2/c1-29-53(14)70(97(28)75(104)59(43-57-38-34-31-35-39-57)85-71(100)60-40-41-63(99)88(60)19)83(112)87(18)55(16)74(103)92(23)67(50(8)9)80(109)95(26)69(52(12)13)82(111)96(27)68(51(10)11)81(110)93(24)64(47(2)3)77(106)86(17)54(15)73(102)91(22)66(49(6)7)79(108)94(25)65(48(4)5)78(107)90(21)62-46-114-113-45-61(89(20)76(62)105)72(101)84-58(44-98)42-56-36-32-30-33-37-56/h30-39,47-55,58-62,64-70,98H,29,40-46H2,1-28H3,(H,84,101)(H,85,100)/t53-,54-,55-,58-,59-,60-,61?,62?,64-,65-,66-,67-,68-,69-,70-/m0/s1. The second-order valence-electron chi connectivity index (χ2n) is 33.2. The van der Waals surface area contributed by atoms with Crippen LogP contribution in [0.2, 0.25) is 0 Å². The number of benzene rings is 2. The molecule has 638 valence electrons. The summed E-state index contributed by atoms with van der Waals surface area (Å²) in [5.41, 5.74) is 1.65. The zero-order chi connectivity index (χ0) is 86.8. The third kappa shape index (κ3) is 23.5. The van der Waals surface area contributed by atoms with Gasteiger partial charge in [-0.25, -0.2) is 0 Å². The topological polar surface area (TPSA) is 322 Å². The molecule has 2 aromatic carbocycles. The molecule has 0 spiro atoms. The Hall–Kier alpha value is -8.32. The first kappa shape index (κ1) is 98.0. The predicted molar refractivity (Wildman–Crippen MR) is 444 cm³/mol. The Morgan fingerprint density at radius 2 is 0.737 bits per heavy atom. The first-order chi connectivity index (χ1) is 53.1. The summed E-state index contributed by atoms with van der Waals surface area (Å²) in [7, 11) is 20.4. The molecule has 2 heterocycles. The van der Waals surface area contributed by atoms with E-state index in [-0.39, 0.29) is 43.3 Å². The van der Waals surface area contributed by atoms with Gasteiger partial charge < -0.3 is 74.5 Å². The summed E-state index contributed by atoms with van der Waals surface area (Å²) in [4.78, 5) is 220. The molecule has 2 aromatic rings. The van der Waals surface area contributed by atoms with Crippen LogP contribution in [0, 0.1) is 41.4 Å². The summed E-state index contributed by atoms with van der Waals surface area (Å²) in [6, 6.07) is 3.30. The van der Waals surface area contributed by atoms with Gasteiger partial charge in [0.15, 0.2) is 0 Å². The van der Waals surface area contributed by atoms with Crippen molar-refractivity contribution in [3.05, 3.63) is 71.8 Å². The van der Waals surface area contributed by atoms with E-state index in [1.165, 1.54) is 172 Å². The zero-order valence-electron chi connectivity index (χ0n) is 72.9. The van der Waals surface area contributed by atoms with Crippen molar-refractivity contribution >= 4 is 104 Å². The van der Waals surface area contributed by atoms with Gasteiger partial charge in [-0.2, -0.15) is 0 Å². The number of rotatable bonds is 37. The average Bonchev–Trinajstić information content (AvgIpc) is 0.908. The summed E-state index contributed by atoms with van der Waals surface area (Å²) >= 11 is 0. The maximum atomic E-state index is 15.3. The molecule has 0 saturated carbocycles. The Labute approximate surface area is 685 Å². The van der Waals surface area contributed by atoms with Gasteiger partial charge in [-0.1, -0.05) is 186 Å². The number of nitrogens with one attached hydrogen (secondary N) is 2. The lowest BCUT2D eigenvalue weighted by Crippen LogP contribution is -2.63. The molecule has 2 aliphatic rings. The van der Waals surface area contributed by atoms with Crippen LogP contribution in [0.15, 0.2) is 60.7 Å². The van der Waals surface area contributed by atoms with Crippen LogP contribution >= 0.6 is 21.6 Å². The number of hydrogen-bond donors (Lipinski definition) is 3. The van der Waals surface area contributed by atoms with Crippen LogP contribution in [0.5, 0.6) is 0 Å². The van der Waals surface area contributed by atoms with Crippen molar-refractivity contribution in [2.45, 2.75) is 227 Å². The van der Waals surface area contributed by atoms with Crippen LogP contribution in [0.4, 0.5) is 0 Å². The smallest absolute Gasteiger partial charge is 0.246 e. The zero-order valence-corrected chi connectivity index (χ0v) is 74.5. The van der Waals surface area contributed by atoms with Crippen molar-refractivity contribution in [1.82, 2.24) is 69.4 Å². The fourth-order valence-corrected chi connectivity index (χ4v) is 18.2. The SMILES string of the molecule is CC[C@H](C)[C@@H](C(=O)N(C)[C@@H](C)C(=O)N(C)[C@H](C(=O)N(C)[C@H](C(=O)N(C)[C@H](C(=O)N(C)[C@H](C(=O)N(C)[C@@H](C)C(=O)N(C)[C@H](C(=O)N(C)[C@H](C(=O)N(C)C1CSSCC(C(=O)N[C@H](CO)Cc2ccccc2)N(C)C1=O)C(C)C)C(C)C)C(C)C)C(C)C)C(C)C)C(C)C)N(C)C(=O)[C@H](Cc1ccccc1)NC(=O)[C@@H]1CCC(=O)N1C. The van der Waals surface area contributed by atoms with Gasteiger partial charge >= 0.3 is 0 Å². The van der Waals surface area contributed by atoms with Crippen molar-refractivity contribution in [3.63, 3.8) is 0 Å². The molecule has 0 bridgehead atoms. The van der Waals surface area contributed by atoms with Gasteiger partial charge in [-0.15, -0.1) is 0 Å². The summed E-state index contributed by atoms with van der Waals surface area (Å²) in [5, 5.41) is 16.0. The third-order valence-electron chi connectivity index (χ3n) is 23.0. The molecule has 15 atom stereocenters. The van der Waals surface area contributed by atoms with Crippen LogP contribution < -0.4 is 10.6 Å². The minimum absolute atomic E-state index is 0.0842. The van der Waals surface area contributed by atoms with Crippen molar-refractivity contribution in [1.29, 1.82) is 0 Å². The van der Waals surface area contributed by atoms with Crippen LogP contribution in [0.3, 0.4) is 0 Å². The highest BCUT2D eigenvalue weighted by Crippen LogP contribution is 2.32. The Kier molecular flexibility index (Phi) is 37.5. The number of aliphatic hydroxyl groups is 1. The predicted octanol–water partition coefficient (Wildman–Crippen LogP) is 4.57.